The van der Waals surface area contributed by atoms with E-state index in [9.17, 15) is 17.6 Å². The van der Waals surface area contributed by atoms with E-state index in [1.807, 2.05) is 13.8 Å². The molecule has 0 saturated carbocycles. The van der Waals surface area contributed by atoms with Gasteiger partial charge in [-0.3, -0.25) is 0 Å². The van der Waals surface area contributed by atoms with Crippen LogP contribution in [0, 0.1) is 18.4 Å². The van der Waals surface area contributed by atoms with E-state index < -0.39 is 29.8 Å². The fourth-order valence-corrected chi connectivity index (χ4v) is 2.64. The van der Waals surface area contributed by atoms with Gasteiger partial charge in [0.05, 0.1) is 6.10 Å². The van der Waals surface area contributed by atoms with Crippen LogP contribution in [0.15, 0.2) is 0 Å². The molecule has 0 amide bonds. The molecule has 23 heavy (non-hydrogen) atoms. The van der Waals surface area contributed by atoms with Crippen molar-refractivity contribution in [2.24, 2.45) is 11.8 Å². The molecule has 0 aromatic rings. The van der Waals surface area contributed by atoms with Crippen molar-refractivity contribution in [3.05, 3.63) is 6.61 Å². The van der Waals surface area contributed by atoms with Gasteiger partial charge in [0.25, 0.3) is 5.92 Å². The third kappa shape index (κ3) is 5.90. The van der Waals surface area contributed by atoms with Crippen LogP contribution in [-0.4, -0.2) is 30.2 Å². The van der Waals surface area contributed by atoms with Crippen molar-refractivity contribution in [2.45, 2.75) is 85.0 Å². The predicted molar refractivity (Wildman–Crippen MR) is 81.2 cm³/mol. The SMILES string of the molecule is C.CC[C@H]1O[C@@H](C)C(F)(F)[C@H]1C.CC[C@H]1O[CH-]C(F)(F)[C@H]1C.[HH].[Y]. The molecule has 5 atom stereocenters. The van der Waals surface area contributed by atoms with E-state index in [-0.39, 0.29) is 53.8 Å². The van der Waals surface area contributed by atoms with Crippen LogP contribution < -0.4 is 0 Å². The third-order valence-corrected chi connectivity index (χ3v) is 4.46. The molecule has 0 spiro atoms. The van der Waals surface area contributed by atoms with Gasteiger partial charge in [0, 0.05) is 52.1 Å². The van der Waals surface area contributed by atoms with E-state index in [0.717, 1.165) is 0 Å². The van der Waals surface area contributed by atoms with Crippen LogP contribution in [0.4, 0.5) is 17.6 Å². The number of alkyl halides is 4. The molecule has 0 aliphatic carbocycles. The summed E-state index contributed by atoms with van der Waals surface area (Å²) in [5.41, 5.74) is 0. The fourth-order valence-electron chi connectivity index (χ4n) is 2.64. The van der Waals surface area contributed by atoms with E-state index in [2.05, 4.69) is 0 Å². The summed E-state index contributed by atoms with van der Waals surface area (Å²) in [6.45, 7) is 8.87. The monoisotopic (exact) mass is 420 g/mol. The second-order valence-electron chi connectivity index (χ2n) is 5.85. The summed E-state index contributed by atoms with van der Waals surface area (Å²) in [5.74, 6) is -6.67. The van der Waals surface area contributed by atoms with Crippen LogP contribution in [0.1, 0.15) is 56.3 Å². The Morgan fingerprint density at radius 3 is 1.61 bits per heavy atom. The molecule has 2 saturated heterocycles. The Bertz CT molecular complexity index is 348. The summed E-state index contributed by atoms with van der Waals surface area (Å²) in [7, 11) is 0. The summed E-state index contributed by atoms with van der Waals surface area (Å²) in [4.78, 5) is 0. The Morgan fingerprint density at radius 1 is 0.957 bits per heavy atom. The summed E-state index contributed by atoms with van der Waals surface area (Å²) in [6.07, 6.45) is -0.161. The van der Waals surface area contributed by atoms with Crippen LogP contribution in [0.5, 0.6) is 0 Å². The first-order chi connectivity index (χ1) is 9.57. The van der Waals surface area contributed by atoms with Crippen molar-refractivity contribution in [1.82, 2.24) is 0 Å². The maximum Gasteiger partial charge on any atom is 0.278 e. The average molecular weight is 420 g/mol. The minimum absolute atomic E-state index is 0. The molecule has 0 N–H and O–H groups in total. The van der Waals surface area contributed by atoms with Crippen molar-refractivity contribution >= 4 is 0 Å². The topological polar surface area (TPSA) is 18.5 Å². The smallest absolute Gasteiger partial charge is 0.278 e. The standard InChI is InChI=1S/C8H14F2O.C7H11F2O.CH4.Y.H2/c1-4-7-5(2)8(9,10)6(3)11-7;1-3-6-5(2)7(8,9)4-10-6;;;/h5-7H,4H2,1-3H3;4-6H,3H2,1-2H3;1H4;;1H/q;-1;;;/t5-,6-,7+;5-,6+;;;/m00.../s1. The van der Waals surface area contributed by atoms with E-state index in [4.69, 9.17) is 9.47 Å². The molecule has 1 radical (unpaired) electrons. The summed E-state index contributed by atoms with van der Waals surface area (Å²) in [5, 5.41) is 0. The van der Waals surface area contributed by atoms with Gasteiger partial charge in [0.15, 0.2) is 5.92 Å². The second kappa shape index (κ2) is 10.0. The molecular weight excluding hydrogens is 389 g/mol. The number of hydrogen-bond acceptors (Lipinski definition) is 2. The van der Waals surface area contributed by atoms with Gasteiger partial charge in [-0.15, -0.1) is 6.61 Å². The molecule has 0 aromatic heterocycles. The zero-order chi connectivity index (χ0) is 16.4. The molecule has 2 rings (SSSR count). The van der Waals surface area contributed by atoms with Gasteiger partial charge in [0.1, 0.15) is 6.10 Å². The normalized spacial score (nSPS) is 37.2. The maximum atomic E-state index is 13.0. The van der Waals surface area contributed by atoms with Gasteiger partial charge < -0.3 is 9.47 Å². The second-order valence-corrected chi connectivity index (χ2v) is 5.85. The molecule has 2 heterocycles. The molecule has 0 unspecified atom stereocenters. The Balaban J connectivity index is -0.000000328. The van der Waals surface area contributed by atoms with E-state index in [0.29, 0.717) is 19.4 Å². The van der Waals surface area contributed by atoms with Gasteiger partial charge in [-0.05, 0) is 19.8 Å². The predicted octanol–water partition coefficient (Wildman–Crippen LogP) is 5.56. The molecule has 7 heteroatoms. The Hall–Kier alpha value is 0.744. The first kappa shape index (κ1) is 26.0. The van der Waals surface area contributed by atoms with Crippen molar-refractivity contribution < 1.29 is 61.2 Å². The van der Waals surface area contributed by atoms with Gasteiger partial charge in [0.2, 0.25) is 0 Å². The molecular formula is C16H31F4O2Y-. The quantitative estimate of drug-likeness (QED) is 0.430. The van der Waals surface area contributed by atoms with Crippen LogP contribution in [0.2, 0.25) is 0 Å². The first-order valence-electron chi connectivity index (χ1n) is 7.48. The molecule has 0 aromatic carbocycles. The molecule has 2 aliphatic heterocycles. The van der Waals surface area contributed by atoms with Gasteiger partial charge in [-0.2, -0.15) is 0 Å². The average Bonchev–Trinajstić information content (AvgIpc) is 2.79. The Kier molecular flexibility index (Phi) is 11.3. The molecule has 2 fully saturated rings. The van der Waals surface area contributed by atoms with Crippen molar-refractivity contribution in [1.29, 1.82) is 0 Å². The number of ether oxygens (including phenoxy) is 2. The van der Waals surface area contributed by atoms with Crippen molar-refractivity contribution in [2.75, 3.05) is 0 Å². The van der Waals surface area contributed by atoms with Crippen molar-refractivity contribution in [3.8, 4) is 0 Å². The summed E-state index contributed by atoms with van der Waals surface area (Å²) in [6, 6.07) is 0. The molecule has 0 bridgehead atoms. The number of rotatable bonds is 2. The zero-order valence-electron chi connectivity index (χ0n) is 13.8. The Labute approximate surface area is 164 Å². The molecule has 2 nitrogen and oxygen atoms in total. The minimum atomic E-state index is -2.72. The van der Waals surface area contributed by atoms with Crippen LogP contribution in [0.3, 0.4) is 0 Å². The fraction of sp³-hybridized carbons (Fsp3) is 0.938. The molecule has 2 aliphatic rings. The van der Waals surface area contributed by atoms with E-state index in [1.165, 1.54) is 13.8 Å². The zero-order valence-corrected chi connectivity index (χ0v) is 16.6. The number of halogens is 4. The first-order valence-corrected chi connectivity index (χ1v) is 7.48. The van der Waals surface area contributed by atoms with Gasteiger partial charge in [-0.25, -0.2) is 17.6 Å². The largest absolute Gasteiger partial charge is 0.544 e. The number of hydrogen-bond donors (Lipinski definition) is 0. The van der Waals surface area contributed by atoms with E-state index >= 15 is 0 Å². The van der Waals surface area contributed by atoms with Crippen LogP contribution >= 0.6 is 0 Å². The Morgan fingerprint density at radius 2 is 1.43 bits per heavy atom. The van der Waals surface area contributed by atoms with Gasteiger partial charge in [-0.1, -0.05) is 35.1 Å². The van der Waals surface area contributed by atoms with Crippen molar-refractivity contribution in [3.63, 3.8) is 0 Å². The van der Waals surface area contributed by atoms with Crippen LogP contribution in [-0.2, 0) is 42.2 Å². The van der Waals surface area contributed by atoms with E-state index in [1.54, 1.807) is 6.92 Å². The minimum Gasteiger partial charge on any atom is -0.544 e. The summed E-state index contributed by atoms with van der Waals surface area (Å²) < 4.78 is 61.1. The van der Waals surface area contributed by atoms with Gasteiger partial charge >= 0.3 is 0 Å². The summed E-state index contributed by atoms with van der Waals surface area (Å²) >= 11 is 0. The maximum absolute atomic E-state index is 13.0. The molecule has 139 valence electrons. The van der Waals surface area contributed by atoms with Crippen LogP contribution in [0.25, 0.3) is 0 Å². The third-order valence-electron chi connectivity index (χ3n) is 4.46.